The predicted octanol–water partition coefficient (Wildman–Crippen LogP) is 4.91. The van der Waals surface area contributed by atoms with E-state index in [1.165, 1.54) is 0 Å². The summed E-state index contributed by atoms with van der Waals surface area (Å²) in [6.07, 6.45) is 3.17. The van der Waals surface area contributed by atoms with E-state index < -0.39 is 11.1 Å². The maximum atomic E-state index is 6.02. The lowest BCUT2D eigenvalue weighted by molar-refractivity contribution is -0.156. The van der Waals surface area contributed by atoms with Crippen LogP contribution in [0.4, 0.5) is 0 Å². The number of hydrogen-bond acceptors (Lipinski definition) is 6. The van der Waals surface area contributed by atoms with E-state index >= 15 is 0 Å². The van der Waals surface area contributed by atoms with Gasteiger partial charge in [-0.15, -0.1) is 0 Å². The number of ether oxygens (including phenoxy) is 5. The molecule has 6 nitrogen and oxygen atoms in total. The van der Waals surface area contributed by atoms with Crippen molar-refractivity contribution in [3.05, 3.63) is 0 Å². The fraction of sp³-hybridized carbons (Fsp3) is 1.00. The quantitative estimate of drug-likeness (QED) is 0.192. The lowest BCUT2D eigenvalue weighted by atomic mass is 10.4. The maximum Gasteiger partial charge on any atom is 0.180 e. The summed E-state index contributed by atoms with van der Waals surface area (Å²) in [4.78, 5) is 2.42. The Morgan fingerprint density at radius 1 is 0.724 bits per heavy atom. The Kier molecular flexibility index (Phi) is 17.6. The van der Waals surface area contributed by atoms with E-state index in [1.807, 2.05) is 27.7 Å². The summed E-state index contributed by atoms with van der Waals surface area (Å²) in [6.45, 7) is 21.8. The summed E-state index contributed by atoms with van der Waals surface area (Å²) in [7, 11) is 1.17. The second-order valence-corrected chi connectivity index (χ2v) is 10.5. The molecule has 0 aliphatic carbocycles. The highest BCUT2D eigenvalue weighted by atomic mass is 31.1. The molecule has 29 heavy (non-hydrogen) atoms. The van der Waals surface area contributed by atoms with Crippen molar-refractivity contribution in [2.24, 2.45) is 0 Å². The third-order valence-electron chi connectivity index (χ3n) is 4.45. The number of nitrogens with zero attached hydrogens (tertiary/aromatic N) is 1. The third kappa shape index (κ3) is 13.6. The van der Waals surface area contributed by atoms with Crippen LogP contribution in [-0.2, 0) is 23.7 Å². The summed E-state index contributed by atoms with van der Waals surface area (Å²) >= 11 is 0. The Bertz CT molecular complexity index is 350. The molecule has 0 saturated heterocycles. The van der Waals surface area contributed by atoms with Gasteiger partial charge in [0.05, 0.1) is 0 Å². The van der Waals surface area contributed by atoms with Gasteiger partial charge in [-0.3, -0.25) is 4.90 Å². The summed E-state index contributed by atoms with van der Waals surface area (Å²) in [5.74, 6) is 0. The van der Waals surface area contributed by atoms with Gasteiger partial charge in [-0.05, 0) is 67.2 Å². The second kappa shape index (κ2) is 17.2. The topological polar surface area (TPSA) is 49.4 Å². The number of hydrogen-bond donors (Lipinski definition) is 0. The van der Waals surface area contributed by atoms with Gasteiger partial charge >= 0.3 is 0 Å². The zero-order valence-electron chi connectivity index (χ0n) is 20.1. The van der Waals surface area contributed by atoms with Crippen LogP contribution in [0.3, 0.4) is 0 Å². The van der Waals surface area contributed by atoms with Crippen molar-refractivity contribution in [3.8, 4) is 0 Å². The van der Waals surface area contributed by atoms with Crippen molar-refractivity contribution < 1.29 is 23.7 Å². The van der Waals surface area contributed by atoms with Crippen LogP contribution in [0.2, 0.25) is 0 Å². The molecule has 0 radical (unpaired) electrons. The van der Waals surface area contributed by atoms with Crippen LogP contribution in [0.1, 0.15) is 61.8 Å². The molecule has 0 N–H and O–H groups in total. The fourth-order valence-electron chi connectivity index (χ4n) is 3.11. The first-order valence-corrected chi connectivity index (χ1v) is 13.6. The minimum atomic E-state index is -0.479. The van der Waals surface area contributed by atoms with Crippen LogP contribution in [0, 0.1) is 0 Å². The standard InChI is InChI=1S/C21H47NO5P2/c1-9-16-23-19(6)22(14-17-28-20(7,24-10-2)25-11-3)15-18-29-21(8,26-12-4)27-13-5/h19,28-29H,9-18H2,1-8H3. The normalized spacial score (nSPS) is 14.8. The highest BCUT2D eigenvalue weighted by Crippen LogP contribution is 2.35. The highest BCUT2D eigenvalue weighted by Gasteiger charge is 2.27. The smallest absolute Gasteiger partial charge is 0.180 e. The summed E-state index contributed by atoms with van der Waals surface area (Å²) in [5, 5.41) is 0. The monoisotopic (exact) mass is 455 g/mol. The number of rotatable bonds is 20. The molecule has 0 saturated carbocycles. The van der Waals surface area contributed by atoms with E-state index in [4.69, 9.17) is 23.7 Å². The van der Waals surface area contributed by atoms with Crippen LogP contribution < -0.4 is 0 Å². The van der Waals surface area contributed by atoms with Gasteiger partial charge in [-0.1, -0.05) is 24.1 Å². The second-order valence-electron chi connectivity index (χ2n) is 6.98. The average molecular weight is 456 g/mol. The molecular formula is C21H47NO5P2. The van der Waals surface area contributed by atoms with Crippen molar-refractivity contribution in [2.45, 2.75) is 79.1 Å². The van der Waals surface area contributed by atoms with Gasteiger partial charge in [-0.25, -0.2) is 0 Å². The van der Waals surface area contributed by atoms with Crippen LogP contribution in [0.25, 0.3) is 0 Å². The van der Waals surface area contributed by atoms with Crippen LogP contribution in [-0.4, -0.2) is 80.6 Å². The molecular weight excluding hydrogens is 408 g/mol. The molecule has 0 aromatic rings. The maximum absolute atomic E-state index is 6.02. The van der Waals surface area contributed by atoms with Gasteiger partial charge in [0.2, 0.25) is 0 Å². The molecule has 0 aromatic carbocycles. The van der Waals surface area contributed by atoms with Gasteiger partial charge in [0.15, 0.2) is 11.1 Å². The molecule has 0 bridgehead atoms. The van der Waals surface area contributed by atoms with E-state index in [-0.39, 0.29) is 6.23 Å². The molecule has 0 fully saturated rings. The van der Waals surface area contributed by atoms with Crippen LogP contribution in [0.15, 0.2) is 0 Å². The van der Waals surface area contributed by atoms with E-state index in [0.29, 0.717) is 43.6 Å². The molecule has 0 aromatic heterocycles. The molecule has 3 unspecified atom stereocenters. The van der Waals surface area contributed by atoms with Gasteiger partial charge in [0.25, 0.3) is 0 Å². The Labute approximate surface area is 183 Å². The Morgan fingerprint density at radius 3 is 1.41 bits per heavy atom. The van der Waals surface area contributed by atoms with Crippen molar-refractivity contribution >= 4 is 17.2 Å². The molecule has 3 atom stereocenters. The molecule has 0 heterocycles. The van der Waals surface area contributed by atoms with E-state index in [1.54, 1.807) is 0 Å². The largest absolute Gasteiger partial charge is 0.363 e. The van der Waals surface area contributed by atoms with Crippen molar-refractivity contribution in [1.29, 1.82) is 0 Å². The lowest BCUT2D eigenvalue weighted by Gasteiger charge is -2.34. The van der Waals surface area contributed by atoms with Crippen LogP contribution >= 0.6 is 17.2 Å². The van der Waals surface area contributed by atoms with Crippen molar-refractivity contribution in [3.63, 3.8) is 0 Å². The van der Waals surface area contributed by atoms with E-state index in [0.717, 1.165) is 38.4 Å². The zero-order chi connectivity index (χ0) is 22.2. The summed E-state index contributed by atoms with van der Waals surface area (Å²) < 4.78 is 29.5. The van der Waals surface area contributed by atoms with Gasteiger partial charge in [0, 0.05) is 46.1 Å². The van der Waals surface area contributed by atoms with Crippen LogP contribution in [0.5, 0.6) is 0 Å². The first kappa shape index (κ1) is 29.6. The first-order valence-electron chi connectivity index (χ1n) is 11.2. The molecule has 0 rings (SSSR count). The minimum absolute atomic E-state index is 0.0976. The Balaban J connectivity index is 4.76. The third-order valence-corrected chi connectivity index (χ3v) is 7.26. The fourth-order valence-corrected chi connectivity index (χ4v) is 5.80. The Morgan fingerprint density at radius 2 is 1.10 bits per heavy atom. The van der Waals surface area contributed by atoms with Gasteiger partial charge in [0.1, 0.15) is 6.23 Å². The van der Waals surface area contributed by atoms with Crippen molar-refractivity contribution in [1.82, 2.24) is 4.90 Å². The minimum Gasteiger partial charge on any atom is -0.363 e. The van der Waals surface area contributed by atoms with Gasteiger partial charge < -0.3 is 23.7 Å². The summed E-state index contributed by atoms with van der Waals surface area (Å²) in [6, 6.07) is 0. The molecule has 0 amide bonds. The molecule has 0 aliphatic heterocycles. The van der Waals surface area contributed by atoms with E-state index in [2.05, 4.69) is 32.6 Å². The predicted molar refractivity (Wildman–Crippen MR) is 127 cm³/mol. The lowest BCUT2D eigenvalue weighted by Crippen LogP contribution is -2.40. The SMILES string of the molecule is CCCOC(C)N(CCPC(C)(OCC)OCC)CCPC(C)(OCC)OCC. The molecule has 0 aliphatic rings. The van der Waals surface area contributed by atoms with Gasteiger partial charge in [-0.2, -0.15) is 0 Å². The van der Waals surface area contributed by atoms with E-state index in [9.17, 15) is 0 Å². The molecule has 176 valence electrons. The first-order chi connectivity index (χ1) is 13.8. The molecule has 0 spiro atoms. The van der Waals surface area contributed by atoms with Crippen molar-refractivity contribution in [2.75, 3.05) is 58.4 Å². The Hall–Kier alpha value is 0.620. The highest BCUT2D eigenvalue weighted by molar-refractivity contribution is 7.39. The average Bonchev–Trinajstić information content (AvgIpc) is 2.65. The zero-order valence-corrected chi connectivity index (χ0v) is 22.1. The summed E-state index contributed by atoms with van der Waals surface area (Å²) in [5.41, 5.74) is -0.958. The molecule has 8 heteroatoms.